The Kier molecular flexibility index (Phi) is 2.94. The third kappa shape index (κ3) is 3.02. The molecule has 1 atom stereocenters. The van der Waals surface area contributed by atoms with Gasteiger partial charge >= 0.3 is 0 Å². The lowest BCUT2D eigenvalue weighted by atomic mass is 10.1. The van der Waals surface area contributed by atoms with Gasteiger partial charge in [-0.05, 0) is 19.3 Å². The van der Waals surface area contributed by atoms with Gasteiger partial charge in [0.2, 0.25) is 0 Å². The largest absolute Gasteiger partial charge is 0.311 e. The molecule has 1 rings (SSSR count). The first-order valence-corrected chi connectivity index (χ1v) is 4.17. The third-order valence-corrected chi connectivity index (χ3v) is 1.99. The van der Waals surface area contributed by atoms with Crippen molar-refractivity contribution in [1.82, 2.24) is 5.32 Å². The van der Waals surface area contributed by atoms with Gasteiger partial charge in [0.1, 0.15) is 0 Å². The summed E-state index contributed by atoms with van der Waals surface area (Å²) in [5.74, 6) is 1.03. The van der Waals surface area contributed by atoms with Crippen molar-refractivity contribution in [2.24, 2.45) is 5.92 Å². The van der Waals surface area contributed by atoms with Crippen LogP contribution in [0.5, 0.6) is 0 Å². The van der Waals surface area contributed by atoms with Crippen LogP contribution in [0.3, 0.4) is 0 Å². The molecule has 0 amide bonds. The van der Waals surface area contributed by atoms with Gasteiger partial charge in [-0.15, -0.1) is 6.58 Å². The highest BCUT2D eigenvalue weighted by atomic mass is 14.9. The molecule has 58 valence electrons. The van der Waals surface area contributed by atoms with Crippen LogP contribution in [0.25, 0.3) is 0 Å². The van der Waals surface area contributed by atoms with Crippen LogP contribution < -0.4 is 5.32 Å². The Labute approximate surface area is 63.5 Å². The summed E-state index contributed by atoms with van der Waals surface area (Å²) < 4.78 is 0. The van der Waals surface area contributed by atoms with E-state index >= 15 is 0 Å². The molecule has 1 fully saturated rings. The van der Waals surface area contributed by atoms with Gasteiger partial charge in [0.05, 0.1) is 0 Å². The van der Waals surface area contributed by atoms with Gasteiger partial charge in [-0.25, -0.2) is 0 Å². The Morgan fingerprint density at radius 1 is 1.70 bits per heavy atom. The second-order valence-corrected chi connectivity index (χ2v) is 3.28. The van der Waals surface area contributed by atoms with Crippen LogP contribution in [0.1, 0.15) is 26.2 Å². The Morgan fingerprint density at radius 3 is 2.90 bits per heavy atom. The Bertz CT molecular complexity index is 105. The molecule has 1 aliphatic carbocycles. The smallest absolute Gasteiger partial charge is 0.0134 e. The van der Waals surface area contributed by atoms with E-state index in [9.17, 15) is 0 Å². The van der Waals surface area contributed by atoms with Crippen molar-refractivity contribution in [3.63, 3.8) is 0 Å². The molecule has 0 aliphatic heterocycles. The highest BCUT2D eigenvalue weighted by Gasteiger charge is 2.22. The molecule has 1 aliphatic rings. The van der Waals surface area contributed by atoms with Gasteiger partial charge in [0.15, 0.2) is 0 Å². The molecule has 0 saturated heterocycles. The molecule has 1 nitrogen and oxygen atoms in total. The summed E-state index contributed by atoms with van der Waals surface area (Å²) in [7, 11) is 0. The zero-order valence-electron chi connectivity index (χ0n) is 6.77. The van der Waals surface area contributed by atoms with E-state index in [-0.39, 0.29) is 0 Å². The number of nitrogens with one attached hydrogen (secondary N) is 1. The van der Waals surface area contributed by atoms with Gasteiger partial charge in [-0.3, -0.25) is 0 Å². The van der Waals surface area contributed by atoms with Crippen LogP contribution in [0.4, 0.5) is 0 Å². The zero-order chi connectivity index (χ0) is 7.40. The normalized spacial score (nSPS) is 20.5. The molecule has 0 radical (unpaired) electrons. The van der Waals surface area contributed by atoms with Crippen molar-refractivity contribution in [2.45, 2.75) is 32.2 Å². The summed E-state index contributed by atoms with van der Waals surface area (Å²) in [6, 6.07) is 0.686. The maximum absolute atomic E-state index is 3.66. The van der Waals surface area contributed by atoms with Crippen molar-refractivity contribution < 1.29 is 0 Å². The monoisotopic (exact) mass is 139 g/mol. The fraction of sp³-hybridized carbons (Fsp3) is 0.778. The van der Waals surface area contributed by atoms with Gasteiger partial charge in [-0.2, -0.15) is 0 Å². The fourth-order valence-corrected chi connectivity index (χ4v) is 1.22. The van der Waals surface area contributed by atoms with Crippen molar-refractivity contribution in [2.75, 3.05) is 6.54 Å². The van der Waals surface area contributed by atoms with Crippen LogP contribution in [0.15, 0.2) is 12.7 Å². The first-order valence-electron chi connectivity index (χ1n) is 4.17. The average molecular weight is 139 g/mol. The lowest BCUT2D eigenvalue weighted by molar-refractivity contribution is 0.512. The summed E-state index contributed by atoms with van der Waals surface area (Å²) in [6.45, 7) is 6.87. The zero-order valence-corrected chi connectivity index (χ0v) is 6.77. The van der Waals surface area contributed by atoms with Gasteiger partial charge in [-0.1, -0.05) is 18.9 Å². The lowest BCUT2D eigenvalue weighted by Crippen LogP contribution is -2.26. The van der Waals surface area contributed by atoms with Crippen LogP contribution in [-0.4, -0.2) is 12.6 Å². The van der Waals surface area contributed by atoms with Crippen LogP contribution >= 0.6 is 0 Å². The topological polar surface area (TPSA) is 12.0 Å². The molecule has 0 spiro atoms. The van der Waals surface area contributed by atoms with Gasteiger partial charge < -0.3 is 5.32 Å². The van der Waals surface area contributed by atoms with Crippen LogP contribution in [0.2, 0.25) is 0 Å². The van der Waals surface area contributed by atoms with E-state index in [1.807, 2.05) is 6.08 Å². The highest BCUT2D eigenvalue weighted by molar-refractivity contribution is 4.80. The van der Waals surface area contributed by atoms with Gasteiger partial charge in [0, 0.05) is 12.6 Å². The lowest BCUT2D eigenvalue weighted by Gasteiger charge is -2.10. The van der Waals surface area contributed by atoms with E-state index in [1.165, 1.54) is 19.3 Å². The van der Waals surface area contributed by atoms with Crippen LogP contribution in [0, 0.1) is 5.92 Å². The second kappa shape index (κ2) is 3.77. The minimum Gasteiger partial charge on any atom is -0.311 e. The maximum atomic E-state index is 3.66. The SMILES string of the molecule is C=CCNC(C)CC1CC1. The molecule has 1 saturated carbocycles. The molecular formula is C9H17N. The number of hydrogen-bond donors (Lipinski definition) is 1. The molecule has 1 unspecified atom stereocenters. The predicted molar refractivity (Wildman–Crippen MR) is 45.0 cm³/mol. The first kappa shape index (κ1) is 7.80. The van der Waals surface area contributed by atoms with Crippen molar-refractivity contribution in [3.05, 3.63) is 12.7 Å². The third-order valence-electron chi connectivity index (χ3n) is 1.99. The van der Waals surface area contributed by atoms with E-state index in [2.05, 4.69) is 18.8 Å². The highest BCUT2D eigenvalue weighted by Crippen LogP contribution is 2.33. The molecular weight excluding hydrogens is 122 g/mol. The van der Waals surface area contributed by atoms with E-state index in [1.54, 1.807) is 0 Å². The molecule has 1 heteroatoms. The summed E-state index contributed by atoms with van der Waals surface area (Å²) in [4.78, 5) is 0. The van der Waals surface area contributed by atoms with Crippen molar-refractivity contribution in [3.8, 4) is 0 Å². The van der Waals surface area contributed by atoms with E-state index in [0.717, 1.165) is 12.5 Å². The molecule has 1 N–H and O–H groups in total. The molecule has 0 heterocycles. The maximum Gasteiger partial charge on any atom is 0.0134 e. The molecule has 0 aromatic heterocycles. The van der Waals surface area contributed by atoms with Crippen LogP contribution in [-0.2, 0) is 0 Å². The van der Waals surface area contributed by atoms with Crippen molar-refractivity contribution >= 4 is 0 Å². The summed E-state index contributed by atoms with van der Waals surface area (Å²) in [6.07, 6.45) is 6.19. The van der Waals surface area contributed by atoms with E-state index in [4.69, 9.17) is 0 Å². The molecule has 0 aromatic carbocycles. The molecule has 0 aromatic rings. The standard InChI is InChI=1S/C9H17N/c1-3-6-10-8(2)7-9-4-5-9/h3,8-10H,1,4-7H2,2H3. The van der Waals surface area contributed by atoms with E-state index < -0.39 is 0 Å². The average Bonchev–Trinajstić information content (AvgIpc) is 2.67. The number of rotatable bonds is 5. The number of hydrogen-bond acceptors (Lipinski definition) is 1. The minimum absolute atomic E-state index is 0.686. The quantitative estimate of drug-likeness (QED) is 0.574. The Morgan fingerprint density at radius 2 is 2.40 bits per heavy atom. The summed E-state index contributed by atoms with van der Waals surface area (Å²) in [5.41, 5.74) is 0. The fourth-order valence-electron chi connectivity index (χ4n) is 1.22. The predicted octanol–water partition coefficient (Wildman–Crippen LogP) is 1.95. The minimum atomic E-state index is 0.686. The van der Waals surface area contributed by atoms with Gasteiger partial charge in [0.25, 0.3) is 0 Å². The Balaban J connectivity index is 1.96. The molecule has 10 heavy (non-hydrogen) atoms. The summed E-state index contributed by atoms with van der Waals surface area (Å²) in [5, 5.41) is 3.39. The molecule has 0 bridgehead atoms. The van der Waals surface area contributed by atoms with Crippen molar-refractivity contribution in [1.29, 1.82) is 0 Å². The van der Waals surface area contributed by atoms with E-state index in [0.29, 0.717) is 6.04 Å². The first-order chi connectivity index (χ1) is 4.83. The second-order valence-electron chi connectivity index (χ2n) is 3.28. The Hall–Kier alpha value is -0.300. The summed E-state index contributed by atoms with van der Waals surface area (Å²) >= 11 is 0.